The Morgan fingerprint density at radius 1 is 1.25 bits per heavy atom. The lowest BCUT2D eigenvalue weighted by atomic mass is 10.2. The number of hydrogen-bond donors (Lipinski definition) is 0. The predicted molar refractivity (Wildman–Crippen MR) is 75.4 cm³/mol. The molecular weight excluding hydrogens is 254 g/mol. The molecule has 0 aliphatic carbocycles. The van der Waals surface area contributed by atoms with E-state index in [0.717, 1.165) is 11.8 Å². The molecule has 0 fully saturated rings. The van der Waals surface area contributed by atoms with E-state index in [2.05, 4.69) is 0 Å². The Balaban J connectivity index is 2.04. The molecule has 1 aromatic heterocycles. The van der Waals surface area contributed by atoms with Crippen LogP contribution in [0.25, 0.3) is 0 Å². The number of carbonyl (C=O) groups excluding carboxylic acids is 2. The van der Waals surface area contributed by atoms with E-state index in [1.54, 1.807) is 22.9 Å². The van der Waals surface area contributed by atoms with Gasteiger partial charge in [-0.3, -0.25) is 4.79 Å². The minimum Gasteiger partial charge on any atom is -0.459 e. The minimum absolute atomic E-state index is 0.244. The van der Waals surface area contributed by atoms with E-state index in [0.29, 0.717) is 12.1 Å². The summed E-state index contributed by atoms with van der Waals surface area (Å²) in [5.41, 5.74) is 1.42. The van der Waals surface area contributed by atoms with Crippen LogP contribution in [0.3, 0.4) is 0 Å². The summed E-state index contributed by atoms with van der Waals surface area (Å²) in [5, 5.41) is 0. The normalized spacial score (nSPS) is 11.8. The maximum atomic E-state index is 12.2. The van der Waals surface area contributed by atoms with Gasteiger partial charge in [0.05, 0.1) is 5.69 Å². The number of ether oxygens (including phenoxy) is 1. The number of aldehydes is 1. The van der Waals surface area contributed by atoms with Crippen molar-refractivity contribution in [3.63, 3.8) is 0 Å². The molecule has 0 amide bonds. The molecule has 4 nitrogen and oxygen atoms in total. The zero-order valence-corrected chi connectivity index (χ0v) is 11.4. The summed E-state index contributed by atoms with van der Waals surface area (Å²) in [6.45, 7) is 2.14. The van der Waals surface area contributed by atoms with E-state index in [1.165, 1.54) is 0 Å². The zero-order valence-electron chi connectivity index (χ0n) is 11.4. The Morgan fingerprint density at radius 3 is 2.65 bits per heavy atom. The van der Waals surface area contributed by atoms with Crippen LogP contribution in [-0.2, 0) is 16.1 Å². The van der Waals surface area contributed by atoms with E-state index in [9.17, 15) is 9.59 Å². The molecule has 104 valence electrons. The van der Waals surface area contributed by atoms with Crippen LogP contribution in [0.5, 0.6) is 0 Å². The smallest absolute Gasteiger partial charge is 0.329 e. The van der Waals surface area contributed by atoms with Gasteiger partial charge in [0.1, 0.15) is 12.6 Å². The SMILES string of the molecule is CCC(C(=O)OCc1ccccc1)n1cccc1C=O. The van der Waals surface area contributed by atoms with Gasteiger partial charge in [0.2, 0.25) is 0 Å². The van der Waals surface area contributed by atoms with Gasteiger partial charge in [-0.15, -0.1) is 0 Å². The molecule has 0 saturated heterocycles. The average molecular weight is 271 g/mol. The van der Waals surface area contributed by atoms with Gasteiger partial charge in [-0.25, -0.2) is 4.79 Å². The zero-order chi connectivity index (χ0) is 14.4. The third kappa shape index (κ3) is 3.15. The lowest BCUT2D eigenvalue weighted by Crippen LogP contribution is -2.22. The number of aromatic nitrogens is 1. The first kappa shape index (κ1) is 14.1. The van der Waals surface area contributed by atoms with Crippen molar-refractivity contribution in [2.24, 2.45) is 0 Å². The highest BCUT2D eigenvalue weighted by Gasteiger charge is 2.21. The summed E-state index contributed by atoms with van der Waals surface area (Å²) in [6.07, 6.45) is 3.04. The monoisotopic (exact) mass is 271 g/mol. The second kappa shape index (κ2) is 6.70. The van der Waals surface area contributed by atoms with Crippen LogP contribution in [0.4, 0.5) is 0 Å². The first-order chi connectivity index (χ1) is 9.76. The highest BCUT2D eigenvalue weighted by atomic mass is 16.5. The molecule has 4 heteroatoms. The van der Waals surface area contributed by atoms with Gasteiger partial charge in [-0.2, -0.15) is 0 Å². The molecule has 0 aliphatic rings. The van der Waals surface area contributed by atoms with Crippen LogP contribution in [0, 0.1) is 0 Å². The maximum absolute atomic E-state index is 12.2. The largest absolute Gasteiger partial charge is 0.459 e. The maximum Gasteiger partial charge on any atom is 0.329 e. The molecule has 0 aliphatic heterocycles. The van der Waals surface area contributed by atoms with Gasteiger partial charge >= 0.3 is 5.97 Å². The minimum atomic E-state index is -0.464. The van der Waals surface area contributed by atoms with Crippen LogP contribution in [0.15, 0.2) is 48.7 Å². The Hall–Kier alpha value is -2.36. The van der Waals surface area contributed by atoms with E-state index in [1.807, 2.05) is 37.3 Å². The fraction of sp³-hybridized carbons (Fsp3) is 0.250. The molecular formula is C16H17NO3. The van der Waals surface area contributed by atoms with Crippen molar-refractivity contribution < 1.29 is 14.3 Å². The molecule has 1 unspecified atom stereocenters. The summed E-state index contributed by atoms with van der Waals surface area (Å²) in [5.74, 6) is -0.323. The van der Waals surface area contributed by atoms with E-state index in [-0.39, 0.29) is 12.6 Å². The lowest BCUT2D eigenvalue weighted by Gasteiger charge is -2.17. The van der Waals surface area contributed by atoms with Crippen molar-refractivity contribution in [3.05, 3.63) is 59.9 Å². The number of nitrogens with zero attached hydrogens (tertiary/aromatic N) is 1. The molecule has 1 heterocycles. The molecule has 2 aromatic rings. The standard InChI is InChI=1S/C16H17NO3/c1-2-15(17-10-6-9-14(17)11-18)16(19)20-12-13-7-4-3-5-8-13/h3-11,15H,2,12H2,1H3. The molecule has 2 rings (SSSR count). The first-order valence-corrected chi connectivity index (χ1v) is 6.58. The van der Waals surface area contributed by atoms with Crippen LogP contribution in [0.2, 0.25) is 0 Å². The van der Waals surface area contributed by atoms with Crippen molar-refractivity contribution >= 4 is 12.3 Å². The first-order valence-electron chi connectivity index (χ1n) is 6.58. The second-order valence-corrected chi connectivity index (χ2v) is 4.48. The van der Waals surface area contributed by atoms with Gasteiger partial charge in [-0.1, -0.05) is 37.3 Å². The van der Waals surface area contributed by atoms with Crippen molar-refractivity contribution in [3.8, 4) is 0 Å². The summed E-state index contributed by atoms with van der Waals surface area (Å²) < 4.78 is 6.98. The molecule has 20 heavy (non-hydrogen) atoms. The molecule has 0 bridgehead atoms. The van der Waals surface area contributed by atoms with Crippen molar-refractivity contribution in [2.45, 2.75) is 26.0 Å². The molecule has 0 saturated carbocycles. The van der Waals surface area contributed by atoms with Gasteiger partial charge < -0.3 is 9.30 Å². The number of rotatable bonds is 6. The number of benzene rings is 1. The molecule has 0 N–H and O–H groups in total. The second-order valence-electron chi connectivity index (χ2n) is 4.48. The van der Waals surface area contributed by atoms with E-state index < -0.39 is 6.04 Å². The quantitative estimate of drug-likeness (QED) is 0.599. The van der Waals surface area contributed by atoms with Crippen LogP contribution < -0.4 is 0 Å². The van der Waals surface area contributed by atoms with Gasteiger partial charge in [-0.05, 0) is 24.1 Å². The third-order valence-corrected chi connectivity index (χ3v) is 3.15. The highest BCUT2D eigenvalue weighted by Crippen LogP contribution is 2.17. The van der Waals surface area contributed by atoms with E-state index in [4.69, 9.17) is 4.74 Å². The van der Waals surface area contributed by atoms with Crippen LogP contribution in [0.1, 0.15) is 35.4 Å². The van der Waals surface area contributed by atoms with Gasteiger partial charge in [0.15, 0.2) is 6.29 Å². The summed E-state index contributed by atoms with van der Waals surface area (Å²) in [6, 6.07) is 12.5. The Kier molecular flexibility index (Phi) is 4.71. The third-order valence-electron chi connectivity index (χ3n) is 3.15. The highest BCUT2D eigenvalue weighted by molar-refractivity contribution is 5.78. The molecule has 0 radical (unpaired) electrons. The molecule has 1 atom stereocenters. The van der Waals surface area contributed by atoms with Crippen LogP contribution >= 0.6 is 0 Å². The number of hydrogen-bond acceptors (Lipinski definition) is 3. The molecule has 0 spiro atoms. The number of esters is 1. The van der Waals surface area contributed by atoms with Crippen molar-refractivity contribution in [1.29, 1.82) is 0 Å². The Morgan fingerprint density at radius 2 is 2.00 bits per heavy atom. The summed E-state index contributed by atoms with van der Waals surface area (Å²) in [7, 11) is 0. The number of carbonyl (C=O) groups is 2. The van der Waals surface area contributed by atoms with Gasteiger partial charge in [0.25, 0.3) is 0 Å². The van der Waals surface area contributed by atoms with Gasteiger partial charge in [0, 0.05) is 6.20 Å². The fourth-order valence-corrected chi connectivity index (χ4v) is 2.09. The summed E-state index contributed by atoms with van der Waals surface area (Å²) >= 11 is 0. The Labute approximate surface area is 118 Å². The average Bonchev–Trinajstić information content (AvgIpc) is 2.95. The lowest BCUT2D eigenvalue weighted by molar-refractivity contribution is -0.149. The Bertz CT molecular complexity index is 574. The molecule has 1 aromatic carbocycles. The fourth-order valence-electron chi connectivity index (χ4n) is 2.09. The van der Waals surface area contributed by atoms with Crippen molar-refractivity contribution in [1.82, 2.24) is 4.57 Å². The van der Waals surface area contributed by atoms with E-state index >= 15 is 0 Å². The summed E-state index contributed by atoms with van der Waals surface area (Å²) in [4.78, 5) is 23.1. The van der Waals surface area contributed by atoms with Crippen LogP contribution in [-0.4, -0.2) is 16.8 Å². The van der Waals surface area contributed by atoms with Crippen molar-refractivity contribution in [2.75, 3.05) is 0 Å². The predicted octanol–water partition coefficient (Wildman–Crippen LogP) is 3.00. The topological polar surface area (TPSA) is 48.3 Å².